The number of nitrogens with one attached hydrogen (secondary N) is 1. The molecule has 1 unspecified atom stereocenters. The molecule has 5 heteroatoms. The van der Waals surface area contributed by atoms with Gasteiger partial charge in [-0.15, -0.1) is 0 Å². The maximum atomic E-state index is 6.28. The molecule has 3 nitrogen and oxygen atoms in total. The molecule has 0 amide bonds. The predicted octanol–water partition coefficient (Wildman–Crippen LogP) is 3.79. The van der Waals surface area contributed by atoms with E-state index in [0.29, 0.717) is 10.0 Å². The van der Waals surface area contributed by atoms with Crippen molar-refractivity contribution < 1.29 is 0 Å². The Hall–Kier alpha value is -1.16. The molecule has 19 heavy (non-hydrogen) atoms. The first-order valence-electron chi connectivity index (χ1n) is 6.09. The Morgan fingerprint density at radius 3 is 2.63 bits per heavy atom. The van der Waals surface area contributed by atoms with Gasteiger partial charge in [0.2, 0.25) is 0 Å². The summed E-state index contributed by atoms with van der Waals surface area (Å²) in [5.74, 6) is 0. The number of halogens is 2. The molecule has 2 aromatic rings. The van der Waals surface area contributed by atoms with Gasteiger partial charge in [-0.2, -0.15) is 0 Å². The molecule has 0 aliphatic carbocycles. The van der Waals surface area contributed by atoms with Gasteiger partial charge >= 0.3 is 0 Å². The molecular weight excluding hydrogens is 281 g/mol. The van der Waals surface area contributed by atoms with Gasteiger partial charge in [0, 0.05) is 6.20 Å². The molecule has 0 aliphatic rings. The number of nitrogens with zero attached hydrogens (tertiary/aromatic N) is 2. The van der Waals surface area contributed by atoms with Crippen molar-refractivity contribution in [1.29, 1.82) is 0 Å². The van der Waals surface area contributed by atoms with Gasteiger partial charge in [-0.25, -0.2) is 0 Å². The van der Waals surface area contributed by atoms with Gasteiger partial charge in [-0.1, -0.05) is 42.3 Å². The third-order valence-electron chi connectivity index (χ3n) is 2.80. The van der Waals surface area contributed by atoms with Crippen LogP contribution in [0.1, 0.15) is 29.9 Å². The SMILES string of the molecule is CCNC(c1cnc(C)cn1)c1cccc(Cl)c1Cl. The fourth-order valence-corrected chi connectivity index (χ4v) is 2.29. The van der Waals surface area contributed by atoms with Crippen molar-refractivity contribution in [1.82, 2.24) is 15.3 Å². The fraction of sp³-hybridized carbons (Fsp3) is 0.286. The smallest absolute Gasteiger partial charge is 0.0802 e. The van der Waals surface area contributed by atoms with Gasteiger partial charge in [0.1, 0.15) is 0 Å². The molecule has 1 aromatic carbocycles. The summed E-state index contributed by atoms with van der Waals surface area (Å²) < 4.78 is 0. The van der Waals surface area contributed by atoms with Crippen LogP contribution >= 0.6 is 23.2 Å². The number of aromatic nitrogens is 2. The average Bonchev–Trinajstić information content (AvgIpc) is 2.41. The molecule has 0 spiro atoms. The maximum absolute atomic E-state index is 6.28. The van der Waals surface area contributed by atoms with Crippen LogP contribution in [0.4, 0.5) is 0 Å². The van der Waals surface area contributed by atoms with Crippen LogP contribution < -0.4 is 5.32 Å². The van der Waals surface area contributed by atoms with Crippen LogP contribution in [0.5, 0.6) is 0 Å². The molecule has 1 aromatic heterocycles. The molecule has 1 N–H and O–H groups in total. The normalized spacial score (nSPS) is 12.4. The lowest BCUT2D eigenvalue weighted by molar-refractivity contribution is 0.612. The van der Waals surface area contributed by atoms with Crippen LogP contribution in [-0.2, 0) is 0 Å². The van der Waals surface area contributed by atoms with Crippen LogP contribution in [0, 0.1) is 6.92 Å². The first kappa shape index (κ1) is 14.3. The number of rotatable bonds is 4. The topological polar surface area (TPSA) is 37.8 Å². The van der Waals surface area contributed by atoms with Gasteiger partial charge in [0.15, 0.2) is 0 Å². The van der Waals surface area contributed by atoms with E-state index in [2.05, 4.69) is 15.3 Å². The van der Waals surface area contributed by atoms with Crippen LogP contribution in [0.3, 0.4) is 0 Å². The quantitative estimate of drug-likeness (QED) is 0.932. The van der Waals surface area contributed by atoms with Gasteiger partial charge in [0.25, 0.3) is 0 Å². The van der Waals surface area contributed by atoms with Crippen molar-refractivity contribution in [2.45, 2.75) is 19.9 Å². The molecule has 0 saturated carbocycles. The van der Waals surface area contributed by atoms with Crippen LogP contribution in [-0.4, -0.2) is 16.5 Å². The minimum Gasteiger partial charge on any atom is -0.305 e. The summed E-state index contributed by atoms with van der Waals surface area (Å²) in [6.45, 7) is 4.74. The van der Waals surface area contributed by atoms with E-state index in [1.807, 2.05) is 26.0 Å². The third-order valence-corrected chi connectivity index (χ3v) is 3.63. The van der Waals surface area contributed by atoms with Crippen molar-refractivity contribution in [3.8, 4) is 0 Å². The summed E-state index contributed by atoms with van der Waals surface area (Å²) in [5.41, 5.74) is 2.63. The molecule has 0 saturated heterocycles. The van der Waals surface area contributed by atoms with E-state index >= 15 is 0 Å². The van der Waals surface area contributed by atoms with Crippen molar-refractivity contribution in [3.05, 3.63) is 57.6 Å². The molecule has 1 atom stereocenters. The summed E-state index contributed by atoms with van der Waals surface area (Å²) in [6.07, 6.45) is 3.51. The summed E-state index contributed by atoms with van der Waals surface area (Å²) in [4.78, 5) is 8.70. The zero-order valence-electron chi connectivity index (χ0n) is 10.8. The fourth-order valence-electron chi connectivity index (χ4n) is 1.87. The highest BCUT2D eigenvalue weighted by atomic mass is 35.5. The number of aryl methyl sites for hydroxylation is 1. The molecule has 0 radical (unpaired) electrons. The van der Waals surface area contributed by atoms with Crippen LogP contribution in [0.25, 0.3) is 0 Å². The minimum atomic E-state index is -0.107. The number of hydrogen-bond acceptors (Lipinski definition) is 3. The van der Waals surface area contributed by atoms with E-state index < -0.39 is 0 Å². The van der Waals surface area contributed by atoms with E-state index in [4.69, 9.17) is 23.2 Å². The number of hydrogen-bond donors (Lipinski definition) is 1. The zero-order valence-corrected chi connectivity index (χ0v) is 12.3. The van der Waals surface area contributed by atoms with E-state index in [-0.39, 0.29) is 6.04 Å². The third kappa shape index (κ3) is 3.24. The summed E-state index contributed by atoms with van der Waals surface area (Å²) in [5, 5.41) is 4.45. The first-order valence-corrected chi connectivity index (χ1v) is 6.85. The van der Waals surface area contributed by atoms with E-state index in [0.717, 1.165) is 23.5 Å². The molecule has 0 aliphatic heterocycles. The molecule has 100 valence electrons. The van der Waals surface area contributed by atoms with Crippen molar-refractivity contribution in [2.24, 2.45) is 0 Å². The second-order valence-corrected chi connectivity index (χ2v) is 5.00. The van der Waals surface area contributed by atoms with Gasteiger partial charge in [0.05, 0.1) is 33.7 Å². The predicted molar refractivity (Wildman–Crippen MR) is 78.8 cm³/mol. The van der Waals surface area contributed by atoms with Gasteiger partial charge in [-0.3, -0.25) is 9.97 Å². The molecular formula is C14H15Cl2N3. The van der Waals surface area contributed by atoms with E-state index in [1.54, 1.807) is 18.5 Å². The zero-order chi connectivity index (χ0) is 13.8. The first-order chi connectivity index (χ1) is 9.13. The maximum Gasteiger partial charge on any atom is 0.0802 e. The van der Waals surface area contributed by atoms with Crippen molar-refractivity contribution in [2.75, 3.05) is 6.54 Å². The largest absolute Gasteiger partial charge is 0.305 e. The Kier molecular flexibility index (Phi) is 4.75. The molecule has 1 heterocycles. The second-order valence-electron chi connectivity index (χ2n) is 4.22. The lowest BCUT2D eigenvalue weighted by Crippen LogP contribution is -2.23. The highest BCUT2D eigenvalue weighted by Crippen LogP contribution is 2.32. The van der Waals surface area contributed by atoms with Gasteiger partial charge < -0.3 is 5.32 Å². The lowest BCUT2D eigenvalue weighted by Gasteiger charge is -2.19. The highest BCUT2D eigenvalue weighted by Gasteiger charge is 2.18. The Labute approximate surface area is 123 Å². The Balaban J connectivity index is 2.45. The Morgan fingerprint density at radius 1 is 1.21 bits per heavy atom. The van der Waals surface area contributed by atoms with E-state index in [9.17, 15) is 0 Å². The monoisotopic (exact) mass is 295 g/mol. The van der Waals surface area contributed by atoms with Crippen LogP contribution in [0.15, 0.2) is 30.6 Å². The van der Waals surface area contributed by atoms with Gasteiger partial charge in [-0.05, 0) is 25.1 Å². The van der Waals surface area contributed by atoms with Crippen molar-refractivity contribution in [3.63, 3.8) is 0 Å². The molecule has 0 bridgehead atoms. The van der Waals surface area contributed by atoms with Crippen molar-refractivity contribution >= 4 is 23.2 Å². The summed E-state index contributed by atoms with van der Waals surface area (Å²) in [7, 11) is 0. The molecule has 2 rings (SSSR count). The van der Waals surface area contributed by atoms with E-state index in [1.165, 1.54) is 0 Å². The second kappa shape index (κ2) is 6.33. The minimum absolute atomic E-state index is 0.107. The Morgan fingerprint density at radius 2 is 2.00 bits per heavy atom. The van der Waals surface area contributed by atoms with Crippen LogP contribution in [0.2, 0.25) is 10.0 Å². The lowest BCUT2D eigenvalue weighted by atomic mass is 10.0. The summed E-state index contributed by atoms with van der Waals surface area (Å²) in [6, 6.07) is 5.50. The average molecular weight is 296 g/mol. The number of benzene rings is 1. The summed E-state index contributed by atoms with van der Waals surface area (Å²) >= 11 is 12.4. The Bertz CT molecular complexity index is 555. The standard InChI is InChI=1S/C14H15Cl2N3/c1-3-17-14(12-8-18-9(2)7-19-12)10-5-4-6-11(15)13(10)16/h4-8,14,17H,3H2,1-2H3. The molecule has 0 fully saturated rings. The highest BCUT2D eigenvalue weighted by molar-refractivity contribution is 6.42.